The van der Waals surface area contributed by atoms with E-state index in [0.29, 0.717) is 45.4 Å². The second-order valence-corrected chi connectivity index (χ2v) is 20.2. The van der Waals surface area contributed by atoms with Gasteiger partial charge in [-0.05, 0) is 107 Å². The number of benzene rings is 11. The molecule has 4 aromatic heterocycles. The zero-order valence-corrected chi connectivity index (χ0v) is 43.3. The number of rotatable bonds is 8. The van der Waals surface area contributed by atoms with Gasteiger partial charge < -0.3 is 13.7 Å². The van der Waals surface area contributed by atoms with E-state index in [1.165, 1.54) is 43.6 Å². The summed E-state index contributed by atoms with van der Waals surface area (Å²) in [6.07, 6.45) is 0. The molecule has 8 nitrogen and oxygen atoms in total. The van der Waals surface area contributed by atoms with Crippen LogP contribution in [0.4, 0.5) is 17.1 Å². The molecular weight excluding hydrogens is 989 g/mol. The summed E-state index contributed by atoms with van der Waals surface area (Å²) < 4.78 is 7.14. The van der Waals surface area contributed by atoms with E-state index in [4.69, 9.17) is 29.7 Å². The first-order valence-electron chi connectivity index (χ1n) is 26.6. The van der Waals surface area contributed by atoms with Gasteiger partial charge >= 0.3 is 0 Å². The summed E-state index contributed by atoms with van der Waals surface area (Å²) >= 11 is 0. The Morgan fingerprint density at radius 3 is 1.19 bits per heavy atom. The van der Waals surface area contributed by atoms with Crippen molar-refractivity contribution in [1.29, 1.82) is 0 Å². The quantitative estimate of drug-likeness (QED) is 0.142. The molecule has 0 bridgehead atoms. The van der Waals surface area contributed by atoms with Crippen LogP contribution in [0.25, 0.3) is 153 Å². The van der Waals surface area contributed by atoms with Gasteiger partial charge in [0.05, 0.1) is 64.2 Å². The fourth-order valence-corrected chi connectivity index (χ4v) is 12.0. The minimum absolute atomic E-state index is 0.411. The van der Waals surface area contributed by atoms with Crippen LogP contribution in [-0.4, -0.2) is 23.7 Å². The number of aromatic nitrogens is 5. The Balaban J connectivity index is 0.804. The van der Waals surface area contributed by atoms with E-state index in [9.17, 15) is 0 Å². The van der Waals surface area contributed by atoms with E-state index in [1.807, 2.05) is 78.9 Å². The predicted octanol–water partition coefficient (Wildman–Crippen LogP) is 19.8. The zero-order chi connectivity index (χ0) is 54.1. The van der Waals surface area contributed by atoms with Crippen molar-refractivity contribution in [3.05, 3.63) is 289 Å². The molecular formula is C73H42N8. The van der Waals surface area contributed by atoms with Crippen molar-refractivity contribution in [2.24, 2.45) is 0 Å². The molecule has 0 N–H and O–H groups in total. The molecule has 0 saturated heterocycles. The van der Waals surface area contributed by atoms with Crippen molar-refractivity contribution < 1.29 is 0 Å². The Morgan fingerprint density at radius 2 is 0.654 bits per heavy atom. The highest BCUT2D eigenvalue weighted by atomic mass is 15.0. The fraction of sp³-hybridized carbons (Fsp3) is 0. The van der Waals surface area contributed by atoms with Crippen molar-refractivity contribution in [1.82, 2.24) is 23.7 Å². The molecule has 8 heteroatoms. The third-order valence-electron chi connectivity index (χ3n) is 15.8. The van der Waals surface area contributed by atoms with Crippen LogP contribution < -0.4 is 0 Å². The van der Waals surface area contributed by atoms with Crippen LogP contribution in [0.5, 0.6) is 0 Å². The normalized spacial score (nSPS) is 11.4. The first kappa shape index (κ1) is 46.7. The first-order valence-corrected chi connectivity index (χ1v) is 26.6. The molecule has 0 aliphatic rings. The third-order valence-corrected chi connectivity index (χ3v) is 15.8. The smallest absolute Gasteiger partial charge is 0.198 e. The lowest BCUT2D eigenvalue weighted by atomic mass is 9.97. The molecule has 374 valence electrons. The standard InChI is InChI=1S/C73H42N8/c1-74-62-22-10-4-20-58(62)66-45-64(77-73(78-66)59-21-5-11-23-63(59)75-2)48-30-28-46(29-31-48)49-34-39-53(65(42-49)76-3)47-32-35-50(36-33-47)79-71-40-37-51(80-67-24-12-6-16-54(67)55-17-7-13-25-68(55)80)43-60(71)61-44-52(38-41-72(61)79)81-69-26-14-8-18-56(69)57-19-9-15-27-70(57)81/h4-45H. The van der Waals surface area contributed by atoms with Crippen LogP contribution in [0.2, 0.25) is 0 Å². The molecule has 11 aromatic carbocycles. The van der Waals surface area contributed by atoms with Gasteiger partial charge in [-0.1, -0.05) is 170 Å². The average molecular weight is 1030 g/mol. The first-order chi connectivity index (χ1) is 40.0. The Morgan fingerprint density at radius 1 is 0.259 bits per heavy atom. The Bertz CT molecular complexity index is 4860. The lowest BCUT2D eigenvalue weighted by molar-refractivity contribution is 1.16. The maximum absolute atomic E-state index is 8.40. The Hall–Kier alpha value is -11.6. The van der Waals surface area contributed by atoms with Crippen LogP contribution in [0.3, 0.4) is 0 Å². The van der Waals surface area contributed by atoms with Gasteiger partial charge in [0, 0.05) is 66.1 Å². The van der Waals surface area contributed by atoms with Crippen molar-refractivity contribution >= 4 is 82.5 Å². The summed E-state index contributed by atoms with van der Waals surface area (Å²) in [4.78, 5) is 21.5. The van der Waals surface area contributed by atoms with E-state index in [-0.39, 0.29) is 0 Å². The van der Waals surface area contributed by atoms with Gasteiger partial charge in [-0.2, -0.15) is 0 Å². The largest absolute Gasteiger partial charge is 0.309 e. The molecule has 15 aromatic rings. The second kappa shape index (κ2) is 18.8. The highest BCUT2D eigenvalue weighted by Crippen LogP contribution is 2.42. The van der Waals surface area contributed by atoms with E-state index in [2.05, 4.69) is 192 Å². The van der Waals surface area contributed by atoms with Gasteiger partial charge in [0.2, 0.25) is 0 Å². The van der Waals surface area contributed by atoms with E-state index in [0.717, 1.165) is 66.7 Å². The highest BCUT2D eigenvalue weighted by Gasteiger charge is 2.21. The van der Waals surface area contributed by atoms with Gasteiger partial charge in [0.1, 0.15) is 5.82 Å². The van der Waals surface area contributed by atoms with Crippen molar-refractivity contribution in [2.75, 3.05) is 0 Å². The molecule has 0 amide bonds. The van der Waals surface area contributed by atoms with Crippen LogP contribution in [-0.2, 0) is 0 Å². The van der Waals surface area contributed by atoms with E-state index in [1.54, 1.807) is 12.1 Å². The molecule has 0 saturated carbocycles. The SMILES string of the molecule is [C-]#[N+]c1cc(-c2ccc(-c3cc(-c4ccccc4[N+]#[C-])nc(-c4ccccc4[N+]#[C-])n3)cc2)ccc1-c1ccc(-n2c3ccc(-n4c5ccccc5c5ccccc54)cc3c3cc(-n4c5ccccc5c5ccccc54)ccc32)cc1. The summed E-state index contributed by atoms with van der Waals surface area (Å²) in [6, 6.07) is 87.8. The fourth-order valence-electron chi connectivity index (χ4n) is 12.0. The molecule has 0 radical (unpaired) electrons. The molecule has 0 atom stereocenters. The lowest BCUT2D eigenvalue weighted by Crippen LogP contribution is -1.96. The van der Waals surface area contributed by atoms with Crippen LogP contribution in [0.1, 0.15) is 0 Å². The van der Waals surface area contributed by atoms with Crippen LogP contribution in [0.15, 0.2) is 255 Å². The summed E-state index contributed by atoms with van der Waals surface area (Å²) in [5, 5.41) is 7.18. The summed E-state index contributed by atoms with van der Waals surface area (Å²) in [5.41, 5.74) is 18.6. The average Bonchev–Trinajstić information content (AvgIpc) is 4.23. The lowest BCUT2D eigenvalue weighted by Gasteiger charge is -2.13. The van der Waals surface area contributed by atoms with E-state index < -0.39 is 0 Å². The summed E-state index contributed by atoms with van der Waals surface area (Å²) in [5.74, 6) is 0.411. The molecule has 0 aliphatic carbocycles. The third kappa shape index (κ3) is 7.58. The number of hydrogen-bond donors (Lipinski definition) is 0. The molecule has 4 heterocycles. The maximum atomic E-state index is 8.40. The molecule has 0 spiro atoms. The van der Waals surface area contributed by atoms with Crippen molar-refractivity contribution in [3.63, 3.8) is 0 Å². The van der Waals surface area contributed by atoms with Gasteiger partial charge in [0.15, 0.2) is 17.1 Å². The predicted molar refractivity (Wildman–Crippen MR) is 331 cm³/mol. The van der Waals surface area contributed by atoms with Gasteiger partial charge in [-0.3, -0.25) is 0 Å². The summed E-state index contributed by atoms with van der Waals surface area (Å²) in [6.45, 7) is 24.1. The number of hydrogen-bond acceptors (Lipinski definition) is 2. The van der Waals surface area contributed by atoms with Crippen LogP contribution >= 0.6 is 0 Å². The highest BCUT2D eigenvalue weighted by molar-refractivity contribution is 6.14. The minimum Gasteiger partial charge on any atom is -0.309 e. The number of nitrogens with zero attached hydrogens (tertiary/aromatic N) is 8. The Labute approximate surface area is 466 Å². The van der Waals surface area contributed by atoms with Crippen molar-refractivity contribution in [2.45, 2.75) is 0 Å². The zero-order valence-electron chi connectivity index (χ0n) is 43.3. The molecule has 81 heavy (non-hydrogen) atoms. The molecule has 15 rings (SSSR count). The minimum atomic E-state index is 0.411. The maximum Gasteiger partial charge on any atom is 0.198 e. The van der Waals surface area contributed by atoms with Gasteiger partial charge in [-0.15, -0.1) is 0 Å². The number of fused-ring (bicyclic) bond motifs is 9. The number of para-hydroxylation sites is 6. The van der Waals surface area contributed by atoms with Crippen molar-refractivity contribution in [3.8, 4) is 73.2 Å². The monoisotopic (exact) mass is 1030 g/mol. The Kier molecular flexibility index (Phi) is 10.8. The topological polar surface area (TPSA) is 53.6 Å². The van der Waals surface area contributed by atoms with Gasteiger partial charge in [0.25, 0.3) is 0 Å². The van der Waals surface area contributed by atoms with Gasteiger partial charge in [-0.25, -0.2) is 24.5 Å². The molecule has 0 unspecified atom stereocenters. The molecule has 0 aliphatic heterocycles. The summed E-state index contributed by atoms with van der Waals surface area (Å²) in [7, 11) is 0. The van der Waals surface area contributed by atoms with Crippen LogP contribution in [0, 0.1) is 19.7 Å². The second-order valence-electron chi connectivity index (χ2n) is 20.2. The molecule has 0 fully saturated rings. The van der Waals surface area contributed by atoms with E-state index >= 15 is 0 Å².